The number of halogens is 2. The molecule has 0 aliphatic rings. The Hall–Kier alpha value is -1.35. The van der Waals surface area contributed by atoms with Crippen molar-refractivity contribution in [2.75, 3.05) is 5.32 Å². The molecular formula is C16H17BrFN. The van der Waals surface area contributed by atoms with Crippen LogP contribution in [-0.2, 0) is 6.42 Å². The zero-order valence-corrected chi connectivity index (χ0v) is 12.5. The summed E-state index contributed by atoms with van der Waals surface area (Å²) < 4.78 is 14.0. The lowest BCUT2D eigenvalue weighted by Crippen LogP contribution is -2.21. The van der Waals surface area contributed by atoms with Crippen LogP contribution in [0.25, 0.3) is 0 Å². The van der Waals surface area contributed by atoms with E-state index in [1.54, 1.807) is 6.07 Å². The third-order valence-corrected chi connectivity index (χ3v) is 3.75. The maximum atomic E-state index is 13.5. The topological polar surface area (TPSA) is 12.0 Å². The number of benzene rings is 2. The first-order chi connectivity index (χ1) is 9.19. The lowest BCUT2D eigenvalue weighted by atomic mass is 10.0. The number of hydrogen-bond acceptors (Lipinski definition) is 1. The van der Waals surface area contributed by atoms with E-state index in [0.29, 0.717) is 10.5 Å². The minimum atomic E-state index is -0.237. The molecule has 0 aliphatic heterocycles. The SMILES string of the molecule is CCC(Cc1ccccc1)Nc1ccc(Br)c(F)c1. The zero-order valence-electron chi connectivity index (χ0n) is 10.9. The molecule has 3 heteroatoms. The van der Waals surface area contributed by atoms with Crippen molar-refractivity contribution >= 4 is 21.6 Å². The Kier molecular flexibility index (Phi) is 4.97. The van der Waals surface area contributed by atoms with Gasteiger partial charge in [-0.25, -0.2) is 4.39 Å². The highest BCUT2D eigenvalue weighted by Crippen LogP contribution is 2.21. The predicted molar refractivity (Wildman–Crippen MR) is 81.9 cm³/mol. The minimum absolute atomic E-state index is 0.237. The van der Waals surface area contributed by atoms with Gasteiger partial charge in [0.15, 0.2) is 0 Å². The summed E-state index contributed by atoms with van der Waals surface area (Å²) in [5.74, 6) is -0.237. The Labute approximate surface area is 122 Å². The molecule has 0 bridgehead atoms. The fourth-order valence-corrected chi connectivity index (χ4v) is 2.26. The molecule has 1 atom stereocenters. The van der Waals surface area contributed by atoms with E-state index in [1.165, 1.54) is 11.6 Å². The molecule has 1 unspecified atom stereocenters. The first kappa shape index (κ1) is 14.1. The van der Waals surface area contributed by atoms with Gasteiger partial charge in [-0.3, -0.25) is 0 Å². The van der Waals surface area contributed by atoms with Gasteiger partial charge in [0, 0.05) is 11.7 Å². The van der Waals surface area contributed by atoms with Crippen LogP contribution < -0.4 is 5.32 Å². The third kappa shape index (κ3) is 4.06. The smallest absolute Gasteiger partial charge is 0.139 e. The van der Waals surface area contributed by atoms with Crippen LogP contribution in [0.1, 0.15) is 18.9 Å². The Morgan fingerprint density at radius 1 is 1.16 bits per heavy atom. The van der Waals surface area contributed by atoms with Gasteiger partial charge in [-0.05, 0) is 52.5 Å². The molecule has 0 heterocycles. The van der Waals surface area contributed by atoms with Gasteiger partial charge < -0.3 is 5.32 Å². The summed E-state index contributed by atoms with van der Waals surface area (Å²) in [5, 5.41) is 3.38. The van der Waals surface area contributed by atoms with Gasteiger partial charge in [0.25, 0.3) is 0 Å². The Bertz CT molecular complexity index is 528. The molecule has 0 saturated heterocycles. The molecule has 0 spiro atoms. The van der Waals surface area contributed by atoms with Crippen molar-refractivity contribution in [2.24, 2.45) is 0 Å². The second kappa shape index (κ2) is 6.71. The van der Waals surface area contributed by atoms with E-state index < -0.39 is 0 Å². The summed E-state index contributed by atoms with van der Waals surface area (Å²) in [6, 6.07) is 15.8. The van der Waals surface area contributed by atoms with E-state index in [-0.39, 0.29) is 5.82 Å². The van der Waals surface area contributed by atoms with E-state index in [2.05, 4.69) is 40.3 Å². The Morgan fingerprint density at radius 2 is 1.89 bits per heavy atom. The van der Waals surface area contributed by atoms with Gasteiger partial charge >= 0.3 is 0 Å². The molecule has 0 aliphatic carbocycles. The van der Waals surface area contributed by atoms with Gasteiger partial charge in [-0.1, -0.05) is 37.3 Å². The lowest BCUT2D eigenvalue weighted by Gasteiger charge is -2.18. The van der Waals surface area contributed by atoms with E-state index in [0.717, 1.165) is 18.5 Å². The number of rotatable bonds is 5. The average molecular weight is 322 g/mol. The number of nitrogens with one attached hydrogen (secondary N) is 1. The Morgan fingerprint density at radius 3 is 2.53 bits per heavy atom. The molecule has 2 aromatic rings. The van der Waals surface area contributed by atoms with Crippen LogP contribution in [0, 0.1) is 5.82 Å². The third-order valence-electron chi connectivity index (χ3n) is 3.11. The minimum Gasteiger partial charge on any atom is -0.382 e. The molecule has 19 heavy (non-hydrogen) atoms. The molecule has 1 N–H and O–H groups in total. The monoisotopic (exact) mass is 321 g/mol. The summed E-state index contributed by atoms with van der Waals surface area (Å²) in [7, 11) is 0. The van der Waals surface area contributed by atoms with Gasteiger partial charge in [-0.15, -0.1) is 0 Å². The molecule has 1 nitrogen and oxygen atoms in total. The van der Waals surface area contributed by atoms with Crippen LogP contribution in [0.2, 0.25) is 0 Å². The van der Waals surface area contributed by atoms with Gasteiger partial charge in [0.05, 0.1) is 4.47 Å². The quantitative estimate of drug-likeness (QED) is 0.815. The maximum absolute atomic E-state index is 13.5. The van der Waals surface area contributed by atoms with Crippen LogP contribution in [0.4, 0.5) is 10.1 Å². The zero-order chi connectivity index (χ0) is 13.7. The van der Waals surface area contributed by atoms with Gasteiger partial charge in [-0.2, -0.15) is 0 Å². The van der Waals surface area contributed by atoms with Crippen molar-refractivity contribution in [1.29, 1.82) is 0 Å². The fraction of sp³-hybridized carbons (Fsp3) is 0.250. The number of anilines is 1. The van der Waals surface area contributed by atoms with Crippen LogP contribution >= 0.6 is 15.9 Å². The van der Waals surface area contributed by atoms with Gasteiger partial charge in [0.1, 0.15) is 5.82 Å². The molecule has 2 aromatic carbocycles. The fourth-order valence-electron chi connectivity index (χ4n) is 2.02. The van der Waals surface area contributed by atoms with E-state index in [1.807, 2.05) is 24.3 Å². The highest BCUT2D eigenvalue weighted by Gasteiger charge is 2.08. The lowest BCUT2D eigenvalue weighted by molar-refractivity contribution is 0.620. The standard InChI is InChI=1S/C16H17BrFN/c1-2-13(10-12-6-4-3-5-7-12)19-14-8-9-15(17)16(18)11-14/h3-9,11,13,19H,2,10H2,1H3. The van der Waals surface area contributed by atoms with Crippen molar-refractivity contribution in [3.8, 4) is 0 Å². The van der Waals surface area contributed by atoms with E-state index in [9.17, 15) is 4.39 Å². The van der Waals surface area contributed by atoms with Crippen LogP contribution in [0.15, 0.2) is 53.0 Å². The molecular weight excluding hydrogens is 305 g/mol. The summed E-state index contributed by atoms with van der Waals surface area (Å²) in [6.07, 6.45) is 1.93. The van der Waals surface area contributed by atoms with E-state index >= 15 is 0 Å². The molecule has 0 amide bonds. The average Bonchev–Trinajstić information content (AvgIpc) is 2.43. The second-order valence-electron chi connectivity index (χ2n) is 4.57. The highest BCUT2D eigenvalue weighted by atomic mass is 79.9. The maximum Gasteiger partial charge on any atom is 0.139 e. The predicted octanol–water partition coefficient (Wildman–Crippen LogP) is 5.02. The van der Waals surface area contributed by atoms with Crippen molar-refractivity contribution < 1.29 is 4.39 Å². The van der Waals surface area contributed by atoms with Crippen molar-refractivity contribution in [3.63, 3.8) is 0 Å². The molecule has 0 fully saturated rings. The van der Waals surface area contributed by atoms with Crippen molar-refractivity contribution in [1.82, 2.24) is 0 Å². The summed E-state index contributed by atoms with van der Waals surface area (Å²) >= 11 is 3.16. The van der Waals surface area contributed by atoms with Crippen LogP contribution in [0.3, 0.4) is 0 Å². The highest BCUT2D eigenvalue weighted by molar-refractivity contribution is 9.10. The Balaban J connectivity index is 2.04. The normalized spacial score (nSPS) is 12.2. The van der Waals surface area contributed by atoms with Crippen molar-refractivity contribution in [2.45, 2.75) is 25.8 Å². The first-order valence-electron chi connectivity index (χ1n) is 6.44. The van der Waals surface area contributed by atoms with Crippen LogP contribution in [-0.4, -0.2) is 6.04 Å². The van der Waals surface area contributed by atoms with E-state index in [4.69, 9.17) is 0 Å². The first-order valence-corrected chi connectivity index (χ1v) is 7.24. The van der Waals surface area contributed by atoms with Crippen LogP contribution in [0.5, 0.6) is 0 Å². The molecule has 0 saturated carbocycles. The summed E-state index contributed by atoms with van der Waals surface area (Å²) in [6.45, 7) is 2.13. The largest absolute Gasteiger partial charge is 0.382 e. The molecule has 0 radical (unpaired) electrons. The molecule has 0 aromatic heterocycles. The van der Waals surface area contributed by atoms with Crippen molar-refractivity contribution in [3.05, 3.63) is 64.4 Å². The number of hydrogen-bond donors (Lipinski definition) is 1. The second-order valence-corrected chi connectivity index (χ2v) is 5.42. The molecule has 2 rings (SSSR count). The molecule has 100 valence electrons. The summed E-state index contributed by atoms with van der Waals surface area (Å²) in [5.41, 5.74) is 2.11. The van der Waals surface area contributed by atoms with Gasteiger partial charge in [0.2, 0.25) is 0 Å². The summed E-state index contributed by atoms with van der Waals surface area (Å²) in [4.78, 5) is 0.